The minimum absolute atomic E-state index is 0.0500. The summed E-state index contributed by atoms with van der Waals surface area (Å²) in [6.45, 7) is 1.99. The zero-order valence-electron chi connectivity index (χ0n) is 12.3. The van der Waals surface area contributed by atoms with Crippen LogP contribution in [0.15, 0.2) is 72.1 Å². The number of hydrogen-bond acceptors (Lipinski definition) is 2. The van der Waals surface area contributed by atoms with Crippen LogP contribution in [0.1, 0.15) is 32.4 Å². The predicted molar refractivity (Wildman–Crippen MR) is 91.2 cm³/mol. The second-order valence-corrected chi connectivity index (χ2v) is 6.18. The lowest BCUT2D eigenvalue weighted by Gasteiger charge is -2.18. The zero-order chi connectivity index (χ0) is 15.4. The molecule has 22 heavy (non-hydrogen) atoms. The maximum atomic E-state index is 12.6. The molecule has 1 heterocycles. The molecule has 0 fully saturated rings. The quantitative estimate of drug-likeness (QED) is 0.751. The van der Waals surface area contributed by atoms with Gasteiger partial charge in [-0.1, -0.05) is 54.1 Å². The van der Waals surface area contributed by atoms with Gasteiger partial charge < -0.3 is 5.32 Å². The van der Waals surface area contributed by atoms with E-state index < -0.39 is 0 Å². The molecule has 2 aromatic carbocycles. The van der Waals surface area contributed by atoms with Gasteiger partial charge in [0.2, 0.25) is 0 Å². The number of amides is 1. The summed E-state index contributed by atoms with van der Waals surface area (Å²) >= 11 is 1.65. The summed E-state index contributed by atoms with van der Waals surface area (Å²) in [6, 6.07) is 21.7. The highest BCUT2D eigenvalue weighted by Gasteiger charge is 2.18. The number of benzene rings is 2. The fraction of sp³-hybridized carbons (Fsp3) is 0.105. The van der Waals surface area contributed by atoms with E-state index in [2.05, 4.69) is 11.4 Å². The molecule has 0 aliphatic heterocycles. The van der Waals surface area contributed by atoms with Crippen molar-refractivity contribution in [3.8, 4) is 0 Å². The summed E-state index contributed by atoms with van der Waals surface area (Å²) in [4.78, 5) is 13.7. The van der Waals surface area contributed by atoms with Gasteiger partial charge in [0.15, 0.2) is 0 Å². The summed E-state index contributed by atoms with van der Waals surface area (Å²) in [5, 5.41) is 5.18. The first kappa shape index (κ1) is 14.5. The van der Waals surface area contributed by atoms with Crippen molar-refractivity contribution in [3.63, 3.8) is 0 Å². The van der Waals surface area contributed by atoms with Crippen molar-refractivity contribution in [2.24, 2.45) is 0 Å². The first-order valence-electron chi connectivity index (χ1n) is 7.20. The van der Waals surface area contributed by atoms with Crippen LogP contribution >= 0.6 is 11.3 Å². The number of hydrogen-bond donors (Lipinski definition) is 1. The number of nitrogens with one attached hydrogen (secondary N) is 1. The fourth-order valence-corrected chi connectivity index (χ4v) is 3.22. The Morgan fingerprint density at radius 1 is 1.00 bits per heavy atom. The summed E-state index contributed by atoms with van der Waals surface area (Å²) < 4.78 is 0. The predicted octanol–water partition coefficient (Wildman–Crippen LogP) is 4.58. The molecule has 0 aliphatic rings. The minimum atomic E-state index is -0.116. The van der Waals surface area contributed by atoms with Crippen LogP contribution in [-0.4, -0.2) is 5.91 Å². The molecule has 2 nitrogen and oxygen atoms in total. The molecule has 0 spiro atoms. The van der Waals surface area contributed by atoms with E-state index in [9.17, 15) is 4.79 Å². The molecular formula is C19H17NOS. The van der Waals surface area contributed by atoms with Crippen molar-refractivity contribution in [2.45, 2.75) is 13.0 Å². The maximum absolute atomic E-state index is 12.6. The van der Waals surface area contributed by atoms with Crippen LogP contribution in [0, 0.1) is 6.92 Å². The van der Waals surface area contributed by atoms with Crippen LogP contribution in [0.5, 0.6) is 0 Å². The van der Waals surface area contributed by atoms with Crippen LogP contribution in [-0.2, 0) is 0 Å². The zero-order valence-corrected chi connectivity index (χ0v) is 13.1. The van der Waals surface area contributed by atoms with E-state index in [1.807, 2.05) is 73.0 Å². The van der Waals surface area contributed by atoms with Gasteiger partial charge >= 0.3 is 0 Å². The van der Waals surface area contributed by atoms with E-state index in [0.717, 1.165) is 16.0 Å². The van der Waals surface area contributed by atoms with Gasteiger partial charge in [-0.05, 0) is 36.1 Å². The second-order valence-electron chi connectivity index (χ2n) is 5.20. The number of aryl methyl sites for hydroxylation is 1. The molecule has 0 unspecified atom stereocenters. The van der Waals surface area contributed by atoms with Gasteiger partial charge in [-0.25, -0.2) is 0 Å². The summed E-state index contributed by atoms with van der Waals surface area (Å²) in [6.07, 6.45) is 0. The fourth-order valence-electron chi connectivity index (χ4n) is 2.42. The average Bonchev–Trinajstić information content (AvgIpc) is 3.07. The van der Waals surface area contributed by atoms with Crippen LogP contribution in [0.25, 0.3) is 0 Å². The van der Waals surface area contributed by atoms with Crippen LogP contribution in [0.4, 0.5) is 0 Å². The molecule has 1 aromatic heterocycles. The molecule has 1 N–H and O–H groups in total. The third-order valence-corrected chi connectivity index (χ3v) is 4.45. The van der Waals surface area contributed by atoms with E-state index >= 15 is 0 Å². The molecule has 0 aliphatic carbocycles. The smallest absolute Gasteiger partial charge is 0.252 e. The lowest BCUT2D eigenvalue weighted by Crippen LogP contribution is -2.28. The topological polar surface area (TPSA) is 29.1 Å². The molecule has 3 aromatic rings. The molecule has 0 bridgehead atoms. The highest BCUT2D eigenvalue weighted by atomic mass is 32.1. The highest BCUT2D eigenvalue weighted by molar-refractivity contribution is 7.10. The Bertz CT molecular complexity index is 750. The minimum Gasteiger partial charge on any atom is -0.340 e. The summed E-state index contributed by atoms with van der Waals surface area (Å²) in [5.41, 5.74) is 2.86. The van der Waals surface area contributed by atoms with Gasteiger partial charge in [0.1, 0.15) is 0 Å². The molecular weight excluding hydrogens is 290 g/mol. The van der Waals surface area contributed by atoms with E-state index in [0.29, 0.717) is 5.56 Å². The SMILES string of the molecule is Cc1cccc(C(=O)N[C@@H](c2ccccc2)c2cccs2)c1. The Hall–Kier alpha value is -2.39. The number of rotatable bonds is 4. The van der Waals surface area contributed by atoms with E-state index in [-0.39, 0.29) is 11.9 Å². The number of carbonyl (C=O) groups is 1. The van der Waals surface area contributed by atoms with Crippen molar-refractivity contribution in [2.75, 3.05) is 0 Å². The van der Waals surface area contributed by atoms with Crippen molar-refractivity contribution >= 4 is 17.2 Å². The standard InChI is InChI=1S/C19H17NOS/c1-14-7-5-10-16(13-14)19(21)20-18(17-11-6-12-22-17)15-8-3-2-4-9-15/h2-13,18H,1H3,(H,20,21)/t18-/m0/s1. The van der Waals surface area contributed by atoms with E-state index in [1.165, 1.54) is 0 Å². The van der Waals surface area contributed by atoms with Crippen molar-refractivity contribution in [3.05, 3.63) is 93.7 Å². The molecule has 3 rings (SSSR count). The molecule has 1 atom stereocenters. The molecule has 0 saturated heterocycles. The maximum Gasteiger partial charge on any atom is 0.252 e. The Morgan fingerprint density at radius 3 is 2.50 bits per heavy atom. The Labute approximate surface area is 134 Å². The molecule has 1 amide bonds. The van der Waals surface area contributed by atoms with Crippen LogP contribution in [0.3, 0.4) is 0 Å². The second kappa shape index (κ2) is 6.58. The van der Waals surface area contributed by atoms with Crippen molar-refractivity contribution < 1.29 is 4.79 Å². The largest absolute Gasteiger partial charge is 0.340 e. The summed E-state index contributed by atoms with van der Waals surface area (Å²) in [7, 11) is 0. The third kappa shape index (κ3) is 3.26. The van der Waals surface area contributed by atoms with E-state index in [1.54, 1.807) is 11.3 Å². The highest BCUT2D eigenvalue weighted by Crippen LogP contribution is 2.26. The lowest BCUT2D eigenvalue weighted by molar-refractivity contribution is 0.0943. The normalized spacial score (nSPS) is 11.9. The Balaban J connectivity index is 1.89. The van der Waals surface area contributed by atoms with Gasteiger partial charge in [0.25, 0.3) is 5.91 Å². The first-order valence-corrected chi connectivity index (χ1v) is 8.08. The molecule has 0 radical (unpaired) electrons. The lowest BCUT2D eigenvalue weighted by atomic mass is 10.0. The monoisotopic (exact) mass is 307 g/mol. The molecule has 3 heteroatoms. The van der Waals surface area contributed by atoms with Crippen LogP contribution in [0.2, 0.25) is 0 Å². The van der Waals surface area contributed by atoms with Gasteiger partial charge in [-0.15, -0.1) is 11.3 Å². The summed E-state index contributed by atoms with van der Waals surface area (Å²) in [5.74, 6) is -0.0500. The number of thiophene rings is 1. The molecule has 0 saturated carbocycles. The number of carbonyl (C=O) groups excluding carboxylic acids is 1. The Kier molecular flexibility index (Phi) is 4.35. The van der Waals surface area contributed by atoms with Gasteiger partial charge in [-0.2, -0.15) is 0 Å². The molecule has 110 valence electrons. The van der Waals surface area contributed by atoms with Gasteiger partial charge in [0, 0.05) is 10.4 Å². The first-order chi connectivity index (χ1) is 10.7. The van der Waals surface area contributed by atoms with Crippen molar-refractivity contribution in [1.82, 2.24) is 5.32 Å². The van der Waals surface area contributed by atoms with Gasteiger partial charge in [-0.3, -0.25) is 4.79 Å². The Morgan fingerprint density at radius 2 is 1.82 bits per heavy atom. The third-order valence-electron chi connectivity index (χ3n) is 3.52. The van der Waals surface area contributed by atoms with Gasteiger partial charge in [0.05, 0.1) is 6.04 Å². The van der Waals surface area contributed by atoms with E-state index in [4.69, 9.17) is 0 Å². The van der Waals surface area contributed by atoms with Crippen molar-refractivity contribution in [1.29, 1.82) is 0 Å². The van der Waals surface area contributed by atoms with Crippen LogP contribution < -0.4 is 5.32 Å². The average molecular weight is 307 g/mol.